The van der Waals surface area contributed by atoms with Crippen LogP contribution >= 0.6 is 15.6 Å². The molecule has 0 saturated heterocycles. The Hall–Kier alpha value is -1.94. The quantitative estimate of drug-likeness (QED) is 0.0222. The Bertz CT molecular complexity index is 1550. The van der Waals surface area contributed by atoms with Crippen molar-refractivity contribution in [3.63, 3.8) is 0 Å². The van der Waals surface area contributed by atoms with Gasteiger partial charge in [0.05, 0.1) is 26.4 Å². The molecule has 0 heterocycles. The molecule has 0 bridgehead atoms. The van der Waals surface area contributed by atoms with E-state index < -0.39 is 97.5 Å². The molecule has 0 aromatic carbocycles. The van der Waals surface area contributed by atoms with Crippen LogP contribution in [0.15, 0.2) is 0 Å². The van der Waals surface area contributed by atoms with Gasteiger partial charge in [0.1, 0.15) is 19.3 Å². The van der Waals surface area contributed by atoms with Gasteiger partial charge in [-0.05, 0) is 31.6 Å². The number of hydrogen-bond acceptors (Lipinski definition) is 15. The van der Waals surface area contributed by atoms with Crippen LogP contribution in [0.25, 0.3) is 0 Å². The van der Waals surface area contributed by atoms with Crippen LogP contribution in [0.4, 0.5) is 0 Å². The fourth-order valence-corrected chi connectivity index (χ4v) is 10.5. The molecular weight excluding hydrogens is 1050 g/mol. The van der Waals surface area contributed by atoms with Crippen LogP contribution in [0.2, 0.25) is 0 Å². The summed E-state index contributed by atoms with van der Waals surface area (Å²) in [6.45, 7) is 7.07. The number of hydrogen-bond donors (Lipinski definition) is 3. The Morgan fingerprint density at radius 1 is 0.342 bits per heavy atom. The third-order valence-corrected chi connectivity index (χ3v) is 15.7. The minimum atomic E-state index is -4.94. The molecule has 3 N–H and O–H groups in total. The fourth-order valence-electron chi connectivity index (χ4n) is 8.88. The lowest BCUT2D eigenvalue weighted by molar-refractivity contribution is -0.161. The average Bonchev–Trinajstić information content (AvgIpc) is 3.41. The predicted octanol–water partition coefficient (Wildman–Crippen LogP) is 16.2. The first kappa shape index (κ1) is 77.1. The largest absolute Gasteiger partial charge is 0.472 e. The summed E-state index contributed by atoms with van der Waals surface area (Å²) >= 11 is 0. The van der Waals surface area contributed by atoms with Gasteiger partial charge >= 0.3 is 39.5 Å². The Labute approximate surface area is 479 Å². The minimum Gasteiger partial charge on any atom is -0.462 e. The van der Waals surface area contributed by atoms with Crippen LogP contribution < -0.4 is 0 Å². The summed E-state index contributed by atoms with van der Waals surface area (Å²) in [5.41, 5.74) is 0. The highest BCUT2D eigenvalue weighted by Gasteiger charge is 2.30. The summed E-state index contributed by atoms with van der Waals surface area (Å²) < 4.78 is 67.7. The molecule has 0 aromatic heterocycles. The molecule has 0 saturated carbocycles. The van der Waals surface area contributed by atoms with Crippen molar-refractivity contribution in [1.82, 2.24) is 0 Å². The lowest BCUT2D eigenvalue weighted by atomic mass is 10.0. The molecule has 0 aliphatic heterocycles. The Morgan fingerprint density at radius 3 is 0.861 bits per heavy atom. The van der Waals surface area contributed by atoms with Gasteiger partial charge in [0, 0.05) is 25.7 Å². The van der Waals surface area contributed by atoms with Crippen LogP contribution in [0, 0.1) is 5.92 Å². The third kappa shape index (κ3) is 55.0. The topological polar surface area (TPSA) is 237 Å². The van der Waals surface area contributed by atoms with Gasteiger partial charge < -0.3 is 33.8 Å². The van der Waals surface area contributed by atoms with Gasteiger partial charge in [0.25, 0.3) is 0 Å². The molecular formula is C60H116O17P2. The summed E-state index contributed by atoms with van der Waals surface area (Å²) in [4.78, 5) is 71.9. The van der Waals surface area contributed by atoms with E-state index in [9.17, 15) is 43.2 Å². The van der Waals surface area contributed by atoms with E-state index in [0.717, 1.165) is 103 Å². The standard InChI is InChI=1S/C60H116O17P2/c1-6-9-12-15-18-21-23-25-30-36-41-46-60(65)77-56(50-71-58(63)44-39-34-31-26-27-32-37-42-53(4)5)52-75-79(68,69)73-48-54(61)47-72-78(66,67)74-51-55(49-70-57(62)43-38-33-28-20-17-14-11-8-3)76-59(64)45-40-35-29-24-22-19-16-13-10-7-2/h53-56,61H,6-52H2,1-5H3,(H,66,67)(H,68,69)/t54-,55+,56+/m0/s1. The monoisotopic (exact) mass is 1170 g/mol. The Kier molecular flexibility index (Phi) is 52.7. The smallest absolute Gasteiger partial charge is 0.462 e. The minimum absolute atomic E-state index is 0.106. The van der Waals surface area contributed by atoms with E-state index in [4.69, 9.17) is 37.0 Å². The molecule has 0 aliphatic carbocycles. The number of carbonyl (C=O) groups is 4. The number of aliphatic hydroxyl groups excluding tert-OH is 1. The van der Waals surface area contributed by atoms with Crippen LogP contribution in [0.5, 0.6) is 0 Å². The number of unbranched alkanes of at least 4 members (excludes halogenated alkanes) is 32. The van der Waals surface area contributed by atoms with Crippen molar-refractivity contribution < 1.29 is 80.2 Å². The van der Waals surface area contributed by atoms with Crippen LogP contribution in [-0.2, 0) is 65.4 Å². The number of esters is 4. The predicted molar refractivity (Wildman–Crippen MR) is 312 cm³/mol. The molecule has 0 aromatic rings. The molecule has 2 unspecified atom stereocenters. The number of ether oxygens (including phenoxy) is 4. The normalized spacial score (nSPS) is 14.3. The van der Waals surface area contributed by atoms with Gasteiger partial charge in [0.15, 0.2) is 12.2 Å². The van der Waals surface area contributed by atoms with Gasteiger partial charge in [-0.2, -0.15) is 0 Å². The molecule has 468 valence electrons. The number of rotatable bonds is 60. The van der Waals surface area contributed by atoms with Gasteiger partial charge in [-0.25, -0.2) is 9.13 Å². The molecule has 0 radical (unpaired) electrons. The van der Waals surface area contributed by atoms with Crippen molar-refractivity contribution in [3.8, 4) is 0 Å². The summed E-state index contributed by atoms with van der Waals surface area (Å²) in [6, 6.07) is 0. The Morgan fingerprint density at radius 2 is 0.582 bits per heavy atom. The molecule has 5 atom stereocenters. The van der Waals surface area contributed by atoms with E-state index >= 15 is 0 Å². The molecule has 0 aliphatic rings. The average molecular weight is 1170 g/mol. The van der Waals surface area contributed by atoms with Crippen molar-refractivity contribution >= 4 is 39.5 Å². The summed E-state index contributed by atoms with van der Waals surface area (Å²) in [6.07, 6.45) is 36.2. The Balaban J connectivity index is 5.22. The van der Waals surface area contributed by atoms with E-state index in [-0.39, 0.29) is 25.7 Å². The molecule has 0 amide bonds. The molecule has 79 heavy (non-hydrogen) atoms. The summed E-state index contributed by atoms with van der Waals surface area (Å²) in [5, 5.41) is 10.5. The number of phosphoric ester groups is 2. The van der Waals surface area contributed by atoms with E-state index in [1.165, 1.54) is 109 Å². The fraction of sp³-hybridized carbons (Fsp3) is 0.933. The number of aliphatic hydroxyl groups is 1. The van der Waals surface area contributed by atoms with Gasteiger partial charge in [0.2, 0.25) is 0 Å². The zero-order valence-corrected chi connectivity index (χ0v) is 52.3. The van der Waals surface area contributed by atoms with Gasteiger partial charge in [-0.1, -0.05) is 247 Å². The molecule has 0 spiro atoms. The van der Waals surface area contributed by atoms with Crippen LogP contribution in [0.1, 0.15) is 298 Å². The first-order valence-corrected chi connectivity index (χ1v) is 34.6. The van der Waals surface area contributed by atoms with E-state index in [1.54, 1.807) is 0 Å². The number of carbonyl (C=O) groups excluding carboxylic acids is 4. The number of phosphoric acid groups is 2. The molecule has 0 rings (SSSR count). The maximum atomic E-state index is 12.9. The lowest BCUT2D eigenvalue weighted by Crippen LogP contribution is -2.30. The molecule has 19 heteroatoms. The maximum Gasteiger partial charge on any atom is 0.472 e. The van der Waals surface area contributed by atoms with E-state index in [2.05, 4.69) is 34.6 Å². The highest BCUT2D eigenvalue weighted by Crippen LogP contribution is 2.45. The first-order chi connectivity index (χ1) is 38.0. The lowest BCUT2D eigenvalue weighted by Gasteiger charge is -2.21. The van der Waals surface area contributed by atoms with Gasteiger partial charge in [-0.3, -0.25) is 37.3 Å². The second-order valence-corrected chi connectivity index (χ2v) is 25.1. The summed E-state index contributed by atoms with van der Waals surface area (Å²) in [5.74, 6) is -1.44. The van der Waals surface area contributed by atoms with Crippen LogP contribution in [-0.4, -0.2) is 96.7 Å². The van der Waals surface area contributed by atoms with Crippen molar-refractivity contribution in [2.75, 3.05) is 39.6 Å². The second-order valence-electron chi connectivity index (χ2n) is 22.2. The first-order valence-electron chi connectivity index (χ1n) is 31.6. The zero-order chi connectivity index (χ0) is 58.5. The molecule has 17 nitrogen and oxygen atoms in total. The van der Waals surface area contributed by atoms with Crippen molar-refractivity contribution in [3.05, 3.63) is 0 Å². The SMILES string of the molecule is CCCCCCCCCCCCCC(=O)O[C@H](COC(=O)CCCCCCCCCC(C)C)COP(=O)(O)OC[C@@H](O)COP(=O)(O)OC[C@@H](COC(=O)CCCCCCCCCC)OC(=O)CCCCCCCCCCCC. The maximum absolute atomic E-state index is 12.9. The summed E-state index contributed by atoms with van der Waals surface area (Å²) in [7, 11) is -9.87. The highest BCUT2D eigenvalue weighted by molar-refractivity contribution is 7.47. The second kappa shape index (κ2) is 54.0. The highest BCUT2D eigenvalue weighted by atomic mass is 31.2. The van der Waals surface area contributed by atoms with Gasteiger partial charge in [-0.15, -0.1) is 0 Å². The zero-order valence-electron chi connectivity index (χ0n) is 50.5. The third-order valence-electron chi connectivity index (χ3n) is 13.8. The molecule has 0 fully saturated rings. The van der Waals surface area contributed by atoms with Crippen molar-refractivity contribution in [1.29, 1.82) is 0 Å². The van der Waals surface area contributed by atoms with Crippen molar-refractivity contribution in [2.45, 2.75) is 316 Å². The van der Waals surface area contributed by atoms with E-state index in [0.29, 0.717) is 31.6 Å². The van der Waals surface area contributed by atoms with E-state index in [1.807, 2.05) is 0 Å². The van der Waals surface area contributed by atoms with Crippen molar-refractivity contribution in [2.24, 2.45) is 5.92 Å². The van der Waals surface area contributed by atoms with Crippen LogP contribution in [0.3, 0.4) is 0 Å².